The van der Waals surface area contributed by atoms with Crippen LogP contribution >= 0.6 is 0 Å². The highest BCUT2D eigenvalue weighted by Crippen LogP contribution is 2.26. The lowest BCUT2D eigenvalue weighted by Crippen LogP contribution is -2.20. The van der Waals surface area contributed by atoms with Gasteiger partial charge in [0.25, 0.3) is 0 Å². The van der Waals surface area contributed by atoms with Crippen LogP contribution in [0.25, 0.3) is 0 Å². The molecule has 0 saturated heterocycles. The first-order valence-electron chi connectivity index (χ1n) is 8.90. The summed E-state index contributed by atoms with van der Waals surface area (Å²) >= 11 is 0. The van der Waals surface area contributed by atoms with Crippen molar-refractivity contribution in [3.63, 3.8) is 0 Å². The van der Waals surface area contributed by atoms with Crippen LogP contribution in [0.4, 0.5) is 5.69 Å². The molecule has 0 aliphatic rings. The number of anilines is 1. The molecule has 0 bridgehead atoms. The van der Waals surface area contributed by atoms with Crippen LogP contribution in [0.5, 0.6) is 0 Å². The average Bonchev–Trinajstić information content (AvgIpc) is 2.89. The summed E-state index contributed by atoms with van der Waals surface area (Å²) in [5.41, 5.74) is 6.14. The Hall–Kier alpha value is -2.88. The Morgan fingerprint density at radius 1 is 1.08 bits per heavy atom. The van der Waals surface area contributed by atoms with E-state index in [0.717, 1.165) is 34.6 Å². The van der Waals surface area contributed by atoms with Gasteiger partial charge in [0.1, 0.15) is 0 Å². The Kier molecular flexibility index (Phi) is 5.21. The summed E-state index contributed by atoms with van der Waals surface area (Å²) in [5, 5.41) is 7.55. The molecule has 1 atom stereocenters. The molecular weight excluding hydrogens is 322 g/mol. The van der Waals surface area contributed by atoms with Crippen molar-refractivity contribution in [2.45, 2.75) is 33.1 Å². The number of hydrogen-bond acceptors (Lipinski definition) is 2. The third kappa shape index (κ3) is 3.69. The molecule has 0 spiro atoms. The van der Waals surface area contributed by atoms with E-state index in [-0.39, 0.29) is 11.8 Å². The Morgan fingerprint density at radius 2 is 1.73 bits per heavy atom. The maximum atomic E-state index is 12.9. The molecule has 3 aromatic rings. The molecule has 4 heteroatoms. The van der Waals surface area contributed by atoms with Crippen molar-refractivity contribution in [1.82, 2.24) is 9.78 Å². The van der Waals surface area contributed by atoms with Gasteiger partial charge in [0.05, 0.1) is 11.6 Å². The molecule has 0 radical (unpaired) electrons. The molecule has 0 saturated carbocycles. The van der Waals surface area contributed by atoms with Crippen LogP contribution in [0, 0.1) is 13.8 Å². The fourth-order valence-electron chi connectivity index (χ4n) is 3.40. The van der Waals surface area contributed by atoms with Crippen LogP contribution in [0.2, 0.25) is 0 Å². The number of aryl methyl sites for hydroxylation is 2. The van der Waals surface area contributed by atoms with Crippen LogP contribution in [0.1, 0.15) is 40.9 Å². The number of carbonyl (C=O) groups is 1. The summed E-state index contributed by atoms with van der Waals surface area (Å²) in [6.45, 7) is 5.89. The van der Waals surface area contributed by atoms with Gasteiger partial charge in [-0.05, 0) is 44.4 Å². The lowest BCUT2D eigenvalue weighted by molar-refractivity contribution is -0.117. The number of aromatic nitrogens is 2. The minimum absolute atomic E-state index is 0.00953. The zero-order valence-corrected chi connectivity index (χ0v) is 15.8. The van der Waals surface area contributed by atoms with Crippen molar-refractivity contribution in [3.05, 3.63) is 82.7 Å². The molecule has 134 valence electrons. The molecule has 4 nitrogen and oxygen atoms in total. The molecular formula is C22H25N3O. The van der Waals surface area contributed by atoms with Gasteiger partial charge in [-0.3, -0.25) is 9.48 Å². The standard InChI is InChI=1S/C22H25N3O/c1-15(21-16(2)24-25(4)17(21)3)22(26)23-20-13-9-8-12-19(20)14-18-10-6-5-7-11-18/h5-13,15H,14H2,1-4H3,(H,23,26)/t15-/m1/s1. The van der Waals surface area contributed by atoms with Crippen LogP contribution < -0.4 is 5.32 Å². The summed E-state index contributed by atoms with van der Waals surface area (Å²) in [7, 11) is 1.91. The largest absolute Gasteiger partial charge is 0.325 e. The summed E-state index contributed by atoms with van der Waals surface area (Å²) in [6, 6.07) is 18.3. The van der Waals surface area contributed by atoms with Crippen molar-refractivity contribution >= 4 is 11.6 Å². The van der Waals surface area contributed by atoms with Crippen molar-refractivity contribution in [2.75, 3.05) is 5.32 Å². The quantitative estimate of drug-likeness (QED) is 0.745. The summed E-state index contributed by atoms with van der Waals surface area (Å²) in [5.74, 6) is -0.266. The third-order valence-electron chi connectivity index (χ3n) is 4.90. The van der Waals surface area contributed by atoms with Crippen LogP contribution in [0.15, 0.2) is 54.6 Å². The fraction of sp³-hybridized carbons (Fsp3) is 0.273. The van der Waals surface area contributed by atoms with Crippen LogP contribution in [-0.2, 0) is 18.3 Å². The molecule has 3 rings (SSSR count). The molecule has 1 heterocycles. The van der Waals surface area contributed by atoms with Gasteiger partial charge in [-0.1, -0.05) is 48.5 Å². The fourth-order valence-corrected chi connectivity index (χ4v) is 3.40. The molecule has 26 heavy (non-hydrogen) atoms. The van der Waals surface area contributed by atoms with E-state index in [0.29, 0.717) is 0 Å². The van der Waals surface area contributed by atoms with Crippen LogP contribution in [-0.4, -0.2) is 15.7 Å². The Balaban J connectivity index is 1.81. The predicted molar refractivity (Wildman–Crippen MR) is 105 cm³/mol. The summed E-state index contributed by atoms with van der Waals surface area (Å²) in [4.78, 5) is 12.9. The number of para-hydroxylation sites is 1. The van der Waals surface area contributed by atoms with E-state index in [4.69, 9.17) is 0 Å². The van der Waals surface area contributed by atoms with Crippen molar-refractivity contribution in [2.24, 2.45) is 7.05 Å². The smallest absolute Gasteiger partial charge is 0.231 e. The SMILES string of the molecule is Cc1nn(C)c(C)c1[C@@H](C)C(=O)Nc1ccccc1Cc1ccccc1. The topological polar surface area (TPSA) is 46.9 Å². The number of nitrogens with one attached hydrogen (secondary N) is 1. The number of benzene rings is 2. The van der Waals surface area contributed by atoms with Gasteiger partial charge >= 0.3 is 0 Å². The monoisotopic (exact) mass is 347 g/mol. The molecule has 1 amide bonds. The Labute approximate surface area is 154 Å². The minimum Gasteiger partial charge on any atom is -0.325 e. The number of amides is 1. The van der Waals surface area contributed by atoms with E-state index in [2.05, 4.69) is 28.6 Å². The predicted octanol–water partition coefficient (Wildman–Crippen LogP) is 4.37. The molecule has 1 aromatic heterocycles. The molecule has 2 aromatic carbocycles. The highest BCUT2D eigenvalue weighted by molar-refractivity contribution is 5.96. The number of nitrogens with zero attached hydrogens (tertiary/aromatic N) is 2. The second kappa shape index (κ2) is 7.56. The van der Waals surface area contributed by atoms with Crippen LogP contribution in [0.3, 0.4) is 0 Å². The third-order valence-corrected chi connectivity index (χ3v) is 4.90. The first-order valence-corrected chi connectivity index (χ1v) is 8.90. The average molecular weight is 347 g/mol. The second-order valence-corrected chi connectivity index (χ2v) is 6.74. The normalized spacial score (nSPS) is 12.0. The zero-order chi connectivity index (χ0) is 18.7. The van der Waals surface area contributed by atoms with Gasteiger partial charge in [-0.25, -0.2) is 0 Å². The number of rotatable bonds is 5. The van der Waals surface area contributed by atoms with E-state index in [1.807, 2.05) is 68.9 Å². The first kappa shape index (κ1) is 17.9. The van der Waals surface area contributed by atoms with Crippen molar-refractivity contribution < 1.29 is 4.79 Å². The van der Waals surface area contributed by atoms with Gasteiger partial charge in [0.2, 0.25) is 5.91 Å². The zero-order valence-electron chi connectivity index (χ0n) is 15.8. The molecule has 0 aliphatic carbocycles. The molecule has 1 N–H and O–H groups in total. The minimum atomic E-state index is -0.256. The Bertz CT molecular complexity index is 912. The maximum absolute atomic E-state index is 12.9. The molecule has 0 fully saturated rings. The van der Waals surface area contributed by atoms with Gasteiger partial charge in [0.15, 0.2) is 0 Å². The van der Waals surface area contributed by atoms with Gasteiger partial charge in [0, 0.05) is 24.0 Å². The summed E-state index contributed by atoms with van der Waals surface area (Å²) < 4.78 is 1.83. The van der Waals surface area contributed by atoms with Gasteiger partial charge < -0.3 is 5.32 Å². The van der Waals surface area contributed by atoms with Gasteiger partial charge in [-0.15, -0.1) is 0 Å². The lowest BCUT2D eigenvalue weighted by Gasteiger charge is -2.16. The molecule has 0 aliphatic heterocycles. The summed E-state index contributed by atoms with van der Waals surface area (Å²) in [6.07, 6.45) is 0.788. The molecule has 0 unspecified atom stereocenters. The Morgan fingerprint density at radius 3 is 2.38 bits per heavy atom. The van der Waals surface area contributed by atoms with Crippen molar-refractivity contribution in [3.8, 4) is 0 Å². The van der Waals surface area contributed by atoms with E-state index >= 15 is 0 Å². The highest BCUT2D eigenvalue weighted by Gasteiger charge is 2.23. The lowest BCUT2D eigenvalue weighted by atomic mass is 9.97. The van der Waals surface area contributed by atoms with Gasteiger partial charge in [-0.2, -0.15) is 5.10 Å². The number of hydrogen-bond donors (Lipinski definition) is 1. The van der Waals surface area contributed by atoms with E-state index in [1.54, 1.807) is 0 Å². The second-order valence-electron chi connectivity index (χ2n) is 6.74. The highest BCUT2D eigenvalue weighted by atomic mass is 16.1. The van der Waals surface area contributed by atoms with Crippen molar-refractivity contribution in [1.29, 1.82) is 0 Å². The first-order chi connectivity index (χ1) is 12.5. The van der Waals surface area contributed by atoms with E-state index in [9.17, 15) is 4.79 Å². The van der Waals surface area contributed by atoms with E-state index in [1.165, 1.54) is 5.56 Å². The van der Waals surface area contributed by atoms with E-state index < -0.39 is 0 Å². The number of carbonyl (C=O) groups excluding carboxylic acids is 1. The maximum Gasteiger partial charge on any atom is 0.231 e.